The number of hydrogen-bond acceptors (Lipinski definition) is 4. The number of ether oxygens (including phenoxy) is 1. The van der Waals surface area contributed by atoms with E-state index < -0.39 is 0 Å². The van der Waals surface area contributed by atoms with Crippen LogP contribution in [0.2, 0.25) is 0 Å². The quantitative estimate of drug-likeness (QED) is 0.779. The highest BCUT2D eigenvalue weighted by Crippen LogP contribution is 2.13. The summed E-state index contributed by atoms with van der Waals surface area (Å²) < 4.78 is 5.55. The van der Waals surface area contributed by atoms with E-state index in [1.165, 1.54) is 11.3 Å². The van der Waals surface area contributed by atoms with Crippen LogP contribution < -0.4 is 10.6 Å². The Labute approximate surface area is 108 Å². The first-order valence-electron chi connectivity index (χ1n) is 6.44. The van der Waals surface area contributed by atoms with Crippen LogP contribution in [0, 0.1) is 5.92 Å². The van der Waals surface area contributed by atoms with E-state index in [9.17, 15) is 0 Å². The summed E-state index contributed by atoms with van der Waals surface area (Å²) in [6.45, 7) is 7.07. The second kappa shape index (κ2) is 7.11. The van der Waals surface area contributed by atoms with Gasteiger partial charge >= 0.3 is 0 Å². The molecule has 3 nitrogen and oxygen atoms in total. The van der Waals surface area contributed by atoms with E-state index in [4.69, 9.17) is 4.74 Å². The predicted molar refractivity (Wildman–Crippen MR) is 72.4 cm³/mol. The van der Waals surface area contributed by atoms with E-state index >= 15 is 0 Å². The number of rotatable bonds is 7. The Kier molecular flexibility index (Phi) is 5.45. The fourth-order valence-corrected chi connectivity index (χ4v) is 2.82. The van der Waals surface area contributed by atoms with Crippen LogP contribution in [0.5, 0.6) is 0 Å². The summed E-state index contributed by atoms with van der Waals surface area (Å²) in [6.07, 6.45) is 1.19. The largest absolute Gasteiger partial charge is 0.379 e. The lowest BCUT2D eigenvalue weighted by molar-refractivity contribution is 0.182. The average Bonchev–Trinajstić information content (AvgIpc) is 2.98. The summed E-state index contributed by atoms with van der Waals surface area (Å²) in [5, 5.41) is 9.22. The molecule has 1 aromatic rings. The molecule has 96 valence electrons. The molecular formula is C13H22N2OS. The minimum Gasteiger partial charge on any atom is -0.379 e. The lowest BCUT2D eigenvalue weighted by Crippen LogP contribution is -2.40. The third kappa shape index (κ3) is 4.07. The Balaban J connectivity index is 1.67. The standard InChI is InChI=1S/C13H22N2OS/c1-2-5-15-13-10-16-9-11(13)7-14-8-12-4-3-6-17-12/h3-4,6,11,13-15H,2,5,7-10H2,1H3. The second-order valence-electron chi connectivity index (χ2n) is 4.57. The zero-order valence-corrected chi connectivity index (χ0v) is 11.3. The van der Waals surface area contributed by atoms with Crippen LogP contribution in [-0.4, -0.2) is 32.3 Å². The van der Waals surface area contributed by atoms with Crippen molar-refractivity contribution in [2.24, 2.45) is 5.92 Å². The molecule has 0 spiro atoms. The Morgan fingerprint density at radius 2 is 2.41 bits per heavy atom. The summed E-state index contributed by atoms with van der Waals surface area (Å²) >= 11 is 1.81. The molecule has 0 radical (unpaired) electrons. The maximum Gasteiger partial charge on any atom is 0.0623 e. The van der Waals surface area contributed by atoms with E-state index in [0.29, 0.717) is 12.0 Å². The van der Waals surface area contributed by atoms with Crippen molar-refractivity contribution in [2.45, 2.75) is 25.9 Å². The topological polar surface area (TPSA) is 33.3 Å². The van der Waals surface area contributed by atoms with Gasteiger partial charge < -0.3 is 15.4 Å². The summed E-state index contributed by atoms with van der Waals surface area (Å²) in [4.78, 5) is 1.40. The van der Waals surface area contributed by atoms with Gasteiger partial charge in [0.05, 0.1) is 13.2 Å². The Bertz CT molecular complexity index is 302. The monoisotopic (exact) mass is 254 g/mol. The Morgan fingerprint density at radius 3 is 3.18 bits per heavy atom. The molecule has 4 heteroatoms. The molecule has 2 heterocycles. The molecule has 1 aliphatic heterocycles. The van der Waals surface area contributed by atoms with Crippen LogP contribution in [0.1, 0.15) is 18.2 Å². The van der Waals surface area contributed by atoms with Crippen LogP contribution in [0.3, 0.4) is 0 Å². The highest BCUT2D eigenvalue weighted by Gasteiger charge is 2.26. The van der Waals surface area contributed by atoms with Crippen LogP contribution >= 0.6 is 11.3 Å². The lowest BCUT2D eigenvalue weighted by Gasteiger charge is -2.19. The van der Waals surface area contributed by atoms with Crippen molar-refractivity contribution in [1.82, 2.24) is 10.6 Å². The number of thiophene rings is 1. The van der Waals surface area contributed by atoms with Crippen molar-refractivity contribution >= 4 is 11.3 Å². The fourth-order valence-electron chi connectivity index (χ4n) is 2.15. The summed E-state index contributed by atoms with van der Waals surface area (Å²) in [7, 11) is 0. The van der Waals surface area contributed by atoms with Crippen LogP contribution in [0.25, 0.3) is 0 Å². The van der Waals surface area contributed by atoms with Gasteiger partial charge in [0.2, 0.25) is 0 Å². The molecule has 0 aliphatic carbocycles. The molecule has 1 aliphatic rings. The molecule has 2 rings (SSSR count). The van der Waals surface area contributed by atoms with E-state index in [-0.39, 0.29) is 0 Å². The SMILES string of the molecule is CCCNC1COCC1CNCc1cccs1. The van der Waals surface area contributed by atoms with Crippen LogP contribution in [-0.2, 0) is 11.3 Å². The molecule has 17 heavy (non-hydrogen) atoms. The molecule has 0 saturated carbocycles. The van der Waals surface area contributed by atoms with Gasteiger partial charge in [-0.2, -0.15) is 0 Å². The lowest BCUT2D eigenvalue weighted by atomic mass is 10.0. The van der Waals surface area contributed by atoms with Crippen molar-refractivity contribution in [1.29, 1.82) is 0 Å². The predicted octanol–water partition coefficient (Wildman–Crippen LogP) is 1.85. The molecule has 0 aromatic carbocycles. The van der Waals surface area contributed by atoms with E-state index in [0.717, 1.165) is 32.8 Å². The fraction of sp³-hybridized carbons (Fsp3) is 0.692. The van der Waals surface area contributed by atoms with Gasteiger partial charge in [-0.25, -0.2) is 0 Å². The Hall–Kier alpha value is -0.420. The smallest absolute Gasteiger partial charge is 0.0623 e. The molecule has 1 fully saturated rings. The first kappa shape index (κ1) is 13.0. The van der Waals surface area contributed by atoms with Gasteiger partial charge in [0.1, 0.15) is 0 Å². The third-order valence-electron chi connectivity index (χ3n) is 3.14. The Morgan fingerprint density at radius 1 is 1.47 bits per heavy atom. The maximum atomic E-state index is 5.55. The van der Waals surface area contributed by atoms with Crippen molar-refractivity contribution < 1.29 is 4.74 Å². The zero-order valence-electron chi connectivity index (χ0n) is 10.4. The average molecular weight is 254 g/mol. The van der Waals surface area contributed by atoms with Gasteiger partial charge in [0.15, 0.2) is 0 Å². The maximum absolute atomic E-state index is 5.55. The van der Waals surface area contributed by atoms with Crippen molar-refractivity contribution in [3.63, 3.8) is 0 Å². The molecule has 1 aromatic heterocycles. The van der Waals surface area contributed by atoms with E-state index in [1.54, 1.807) is 0 Å². The van der Waals surface area contributed by atoms with Gasteiger partial charge in [-0.05, 0) is 24.4 Å². The second-order valence-corrected chi connectivity index (χ2v) is 5.60. The normalized spacial score (nSPS) is 24.3. The van der Waals surface area contributed by atoms with Gasteiger partial charge in [0, 0.05) is 29.9 Å². The molecule has 2 unspecified atom stereocenters. The van der Waals surface area contributed by atoms with Crippen molar-refractivity contribution in [2.75, 3.05) is 26.3 Å². The summed E-state index contributed by atoms with van der Waals surface area (Å²) in [6, 6.07) is 4.81. The molecule has 0 bridgehead atoms. The highest BCUT2D eigenvalue weighted by molar-refractivity contribution is 7.09. The van der Waals surface area contributed by atoms with Crippen molar-refractivity contribution in [3.8, 4) is 0 Å². The number of nitrogens with one attached hydrogen (secondary N) is 2. The number of hydrogen-bond donors (Lipinski definition) is 2. The minimum absolute atomic E-state index is 0.533. The molecule has 2 N–H and O–H groups in total. The van der Waals surface area contributed by atoms with Crippen LogP contribution in [0.15, 0.2) is 17.5 Å². The molecule has 0 amide bonds. The summed E-state index contributed by atoms with van der Waals surface area (Å²) in [5.41, 5.74) is 0. The third-order valence-corrected chi connectivity index (χ3v) is 4.02. The highest BCUT2D eigenvalue weighted by atomic mass is 32.1. The molecular weight excluding hydrogens is 232 g/mol. The minimum atomic E-state index is 0.533. The van der Waals surface area contributed by atoms with E-state index in [2.05, 4.69) is 35.1 Å². The molecule has 2 atom stereocenters. The summed E-state index contributed by atoms with van der Waals surface area (Å²) in [5.74, 6) is 0.613. The van der Waals surface area contributed by atoms with Gasteiger partial charge in [-0.1, -0.05) is 13.0 Å². The molecule has 1 saturated heterocycles. The van der Waals surface area contributed by atoms with Gasteiger partial charge in [-0.15, -0.1) is 11.3 Å². The van der Waals surface area contributed by atoms with Gasteiger partial charge in [-0.3, -0.25) is 0 Å². The zero-order chi connectivity index (χ0) is 11.9. The first-order chi connectivity index (χ1) is 8.40. The van der Waals surface area contributed by atoms with Crippen molar-refractivity contribution in [3.05, 3.63) is 22.4 Å². The van der Waals surface area contributed by atoms with Crippen LogP contribution in [0.4, 0.5) is 0 Å². The van der Waals surface area contributed by atoms with E-state index in [1.807, 2.05) is 11.3 Å². The first-order valence-corrected chi connectivity index (χ1v) is 7.32. The van der Waals surface area contributed by atoms with Gasteiger partial charge in [0.25, 0.3) is 0 Å².